The number of halogens is 2. The highest BCUT2D eigenvalue weighted by molar-refractivity contribution is 7.89. The highest BCUT2D eigenvalue weighted by Crippen LogP contribution is 2.19. The van der Waals surface area contributed by atoms with E-state index in [-0.39, 0.29) is 9.77 Å². The number of hydrogen-bond acceptors (Lipinski definition) is 4. The number of hydrogen-bond donors (Lipinski definition) is 2. The lowest BCUT2D eigenvalue weighted by molar-refractivity contribution is 0.0702. The number of thiophene rings is 1. The fourth-order valence-electron chi connectivity index (χ4n) is 0.828. The van der Waals surface area contributed by atoms with Gasteiger partial charge >= 0.3 is 5.97 Å². The molecule has 0 aliphatic carbocycles. The first kappa shape index (κ1) is 13.0. The van der Waals surface area contributed by atoms with Crippen LogP contribution in [0.5, 0.6) is 0 Å². The number of carboxylic acids is 1. The van der Waals surface area contributed by atoms with E-state index < -0.39 is 29.0 Å². The van der Waals surface area contributed by atoms with Gasteiger partial charge in [-0.3, -0.25) is 0 Å². The number of sulfonamides is 1. The molecule has 1 heterocycles. The zero-order valence-electron chi connectivity index (χ0n) is 7.68. The van der Waals surface area contributed by atoms with Crippen molar-refractivity contribution in [2.24, 2.45) is 0 Å². The van der Waals surface area contributed by atoms with E-state index in [1.165, 1.54) is 0 Å². The summed E-state index contributed by atoms with van der Waals surface area (Å²) in [4.78, 5) is 9.99. The minimum atomic E-state index is -4.05. The van der Waals surface area contributed by atoms with Gasteiger partial charge in [0.05, 0.1) is 11.4 Å². The van der Waals surface area contributed by atoms with Crippen LogP contribution >= 0.6 is 11.3 Å². The van der Waals surface area contributed by atoms with Gasteiger partial charge in [0.25, 0.3) is 6.43 Å². The van der Waals surface area contributed by atoms with E-state index in [9.17, 15) is 22.0 Å². The third-order valence-electron chi connectivity index (χ3n) is 1.52. The first-order valence-corrected chi connectivity index (χ1v) is 6.29. The molecule has 0 saturated carbocycles. The number of alkyl halides is 2. The summed E-state index contributed by atoms with van der Waals surface area (Å²) in [6.07, 6.45) is -2.80. The molecule has 0 amide bonds. The Hall–Kier alpha value is -1.06. The Morgan fingerprint density at radius 1 is 1.56 bits per heavy atom. The number of nitrogens with one attached hydrogen (secondary N) is 1. The normalized spacial score (nSPS) is 11.9. The smallest absolute Gasteiger partial charge is 0.345 e. The van der Waals surface area contributed by atoms with Gasteiger partial charge in [-0.05, 0) is 6.07 Å². The van der Waals surface area contributed by atoms with Gasteiger partial charge < -0.3 is 5.11 Å². The van der Waals surface area contributed by atoms with Gasteiger partial charge in [0, 0.05) is 5.38 Å². The van der Waals surface area contributed by atoms with Crippen LogP contribution < -0.4 is 4.72 Å². The first-order chi connectivity index (χ1) is 7.33. The van der Waals surface area contributed by atoms with E-state index in [0.29, 0.717) is 11.3 Å². The summed E-state index contributed by atoms with van der Waals surface area (Å²) in [6.45, 7) is -0.999. The Bertz CT molecular complexity index is 482. The molecule has 0 fully saturated rings. The number of carboxylic acid groups (broad SMARTS) is 1. The van der Waals surface area contributed by atoms with Crippen molar-refractivity contribution >= 4 is 27.3 Å². The second-order valence-electron chi connectivity index (χ2n) is 2.69. The number of carbonyl (C=O) groups is 1. The fraction of sp³-hybridized carbons (Fsp3) is 0.286. The van der Waals surface area contributed by atoms with Crippen molar-refractivity contribution in [3.8, 4) is 0 Å². The van der Waals surface area contributed by atoms with Crippen LogP contribution in [0.1, 0.15) is 9.67 Å². The van der Waals surface area contributed by atoms with E-state index in [1.807, 2.05) is 0 Å². The number of aromatic carboxylic acids is 1. The first-order valence-electron chi connectivity index (χ1n) is 3.92. The predicted octanol–water partition coefficient (Wildman–Crippen LogP) is 0.990. The molecule has 0 aliphatic heterocycles. The van der Waals surface area contributed by atoms with E-state index in [1.54, 1.807) is 4.72 Å². The summed E-state index contributed by atoms with van der Waals surface area (Å²) in [5.41, 5.74) is 0. The minimum absolute atomic E-state index is 0.169. The SMILES string of the molecule is O=C(O)c1cc(S(=O)(=O)NCC(F)F)cs1. The average Bonchev–Trinajstić information content (AvgIpc) is 2.64. The van der Waals surface area contributed by atoms with Crippen LogP contribution in [-0.4, -0.2) is 32.5 Å². The molecule has 1 aromatic rings. The molecule has 0 aromatic carbocycles. The van der Waals surface area contributed by atoms with Crippen LogP contribution in [0.15, 0.2) is 16.3 Å². The molecular weight excluding hydrogens is 264 g/mol. The van der Waals surface area contributed by atoms with Crippen molar-refractivity contribution in [1.29, 1.82) is 0 Å². The van der Waals surface area contributed by atoms with Crippen molar-refractivity contribution in [1.82, 2.24) is 4.72 Å². The zero-order valence-corrected chi connectivity index (χ0v) is 9.32. The maximum Gasteiger partial charge on any atom is 0.345 e. The molecule has 0 saturated heterocycles. The zero-order chi connectivity index (χ0) is 12.3. The molecule has 0 radical (unpaired) electrons. The summed E-state index contributed by atoms with van der Waals surface area (Å²) in [5, 5.41) is 9.64. The third kappa shape index (κ3) is 3.22. The van der Waals surface area contributed by atoms with Gasteiger partial charge in [0.2, 0.25) is 10.0 Å². The largest absolute Gasteiger partial charge is 0.477 e. The maximum absolute atomic E-state index is 11.8. The Morgan fingerprint density at radius 3 is 2.62 bits per heavy atom. The van der Waals surface area contributed by atoms with Crippen molar-refractivity contribution in [3.63, 3.8) is 0 Å². The molecule has 0 aliphatic rings. The second kappa shape index (κ2) is 4.85. The highest BCUT2D eigenvalue weighted by atomic mass is 32.2. The fourth-order valence-corrected chi connectivity index (χ4v) is 2.95. The summed E-state index contributed by atoms with van der Waals surface area (Å²) in [6, 6.07) is 0.917. The van der Waals surface area contributed by atoms with Gasteiger partial charge in [-0.2, -0.15) is 0 Å². The van der Waals surface area contributed by atoms with Gasteiger partial charge in [-0.15, -0.1) is 11.3 Å². The van der Waals surface area contributed by atoms with Crippen LogP contribution in [0, 0.1) is 0 Å². The van der Waals surface area contributed by atoms with Crippen molar-refractivity contribution < 1.29 is 27.1 Å². The monoisotopic (exact) mass is 271 g/mol. The summed E-state index contributed by atoms with van der Waals surface area (Å²) >= 11 is 0.713. The maximum atomic E-state index is 11.8. The molecule has 1 rings (SSSR count). The van der Waals surface area contributed by atoms with Crippen molar-refractivity contribution in [2.75, 3.05) is 6.54 Å². The molecule has 0 bridgehead atoms. The highest BCUT2D eigenvalue weighted by Gasteiger charge is 2.19. The Balaban J connectivity index is 2.86. The molecule has 0 atom stereocenters. The topological polar surface area (TPSA) is 83.5 Å². The summed E-state index contributed by atoms with van der Waals surface area (Å²) < 4.78 is 47.9. The Kier molecular flexibility index (Phi) is 3.94. The van der Waals surface area contributed by atoms with Gasteiger partial charge in [0.1, 0.15) is 4.88 Å². The third-order valence-corrected chi connectivity index (χ3v) is 3.99. The van der Waals surface area contributed by atoms with Gasteiger partial charge in [0.15, 0.2) is 0 Å². The molecular formula is C7H7F2NO4S2. The van der Waals surface area contributed by atoms with E-state index in [2.05, 4.69) is 0 Å². The molecule has 9 heteroatoms. The van der Waals surface area contributed by atoms with Crippen molar-refractivity contribution in [3.05, 3.63) is 16.3 Å². The second-order valence-corrected chi connectivity index (χ2v) is 5.37. The van der Waals surface area contributed by atoms with Gasteiger partial charge in [-0.25, -0.2) is 26.7 Å². The van der Waals surface area contributed by atoms with Crippen LogP contribution in [0.2, 0.25) is 0 Å². The van der Waals surface area contributed by atoms with Crippen LogP contribution in [-0.2, 0) is 10.0 Å². The van der Waals surface area contributed by atoms with E-state index in [0.717, 1.165) is 11.4 Å². The Morgan fingerprint density at radius 2 is 2.19 bits per heavy atom. The molecule has 90 valence electrons. The molecule has 5 nitrogen and oxygen atoms in total. The summed E-state index contributed by atoms with van der Waals surface area (Å²) in [7, 11) is -4.05. The van der Waals surface area contributed by atoms with Gasteiger partial charge in [-0.1, -0.05) is 0 Å². The quantitative estimate of drug-likeness (QED) is 0.836. The Labute approximate surface area is 93.8 Å². The predicted molar refractivity (Wildman–Crippen MR) is 52.5 cm³/mol. The molecule has 16 heavy (non-hydrogen) atoms. The average molecular weight is 271 g/mol. The molecule has 0 unspecified atom stereocenters. The standard InChI is InChI=1S/C7H7F2NO4S2/c8-6(9)2-10-16(13,14)4-1-5(7(11)12)15-3-4/h1,3,6,10H,2H2,(H,11,12). The van der Waals surface area contributed by atoms with Crippen LogP contribution in [0.3, 0.4) is 0 Å². The van der Waals surface area contributed by atoms with Crippen molar-refractivity contribution in [2.45, 2.75) is 11.3 Å². The lowest BCUT2D eigenvalue weighted by Crippen LogP contribution is -2.28. The molecule has 2 N–H and O–H groups in total. The minimum Gasteiger partial charge on any atom is -0.477 e. The van der Waals surface area contributed by atoms with E-state index in [4.69, 9.17) is 5.11 Å². The molecule has 0 spiro atoms. The van der Waals surface area contributed by atoms with E-state index >= 15 is 0 Å². The lowest BCUT2D eigenvalue weighted by atomic mass is 10.5. The number of rotatable bonds is 5. The summed E-state index contributed by atoms with van der Waals surface area (Å²) in [5.74, 6) is -1.26. The lowest BCUT2D eigenvalue weighted by Gasteiger charge is -2.03. The van der Waals surface area contributed by atoms with Crippen LogP contribution in [0.25, 0.3) is 0 Å². The molecule has 1 aromatic heterocycles. The van der Waals surface area contributed by atoms with Crippen LogP contribution in [0.4, 0.5) is 8.78 Å².